The van der Waals surface area contributed by atoms with Gasteiger partial charge in [-0.3, -0.25) is 4.57 Å². The molecule has 0 bridgehead atoms. The SMILES string of the molecule is CCCC(C)(C)n1c(N)nc2ccc(OC)nc21. The number of pyridine rings is 1. The molecule has 2 aromatic heterocycles. The molecule has 0 saturated carbocycles. The molecule has 0 spiro atoms. The molecule has 0 aliphatic heterocycles. The highest BCUT2D eigenvalue weighted by Crippen LogP contribution is 2.30. The maximum absolute atomic E-state index is 6.03. The third-order valence-electron chi connectivity index (χ3n) is 3.18. The lowest BCUT2D eigenvalue weighted by molar-refractivity contribution is 0.335. The summed E-state index contributed by atoms with van der Waals surface area (Å²) in [4.78, 5) is 8.82. The number of nitrogen functional groups attached to an aromatic ring is 1. The fourth-order valence-electron chi connectivity index (χ4n) is 2.39. The van der Waals surface area contributed by atoms with E-state index >= 15 is 0 Å². The number of nitrogens with two attached hydrogens (primary N) is 1. The van der Waals surface area contributed by atoms with Gasteiger partial charge >= 0.3 is 0 Å². The highest BCUT2D eigenvalue weighted by Gasteiger charge is 2.25. The number of methoxy groups -OCH3 is 1. The Bertz CT molecular complexity index is 559. The normalized spacial score (nSPS) is 12.0. The van der Waals surface area contributed by atoms with Gasteiger partial charge < -0.3 is 10.5 Å². The van der Waals surface area contributed by atoms with Crippen LogP contribution in [0.4, 0.5) is 5.95 Å². The number of fused-ring (bicyclic) bond motifs is 1. The summed E-state index contributed by atoms with van der Waals surface area (Å²) < 4.78 is 7.16. The highest BCUT2D eigenvalue weighted by molar-refractivity contribution is 5.75. The van der Waals surface area contributed by atoms with Crippen LogP contribution in [0.3, 0.4) is 0 Å². The molecule has 98 valence electrons. The Morgan fingerprint density at radius 3 is 2.67 bits per heavy atom. The Morgan fingerprint density at radius 1 is 1.33 bits per heavy atom. The number of aromatic nitrogens is 3. The molecule has 2 N–H and O–H groups in total. The van der Waals surface area contributed by atoms with Crippen LogP contribution in [0.5, 0.6) is 5.88 Å². The molecule has 0 aromatic carbocycles. The Labute approximate surface area is 107 Å². The minimum absolute atomic E-state index is 0.104. The summed E-state index contributed by atoms with van der Waals surface area (Å²) in [5.41, 5.74) is 7.51. The van der Waals surface area contributed by atoms with E-state index in [1.165, 1.54) is 0 Å². The smallest absolute Gasteiger partial charge is 0.215 e. The molecule has 2 rings (SSSR count). The molecule has 2 aromatic rings. The number of ether oxygens (including phenoxy) is 1. The zero-order valence-electron chi connectivity index (χ0n) is 11.4. The van der Waals surface area contributed by atoms with E-state index in [0.29, 0.717) is 11.8 Å². The van der Waals surface area contributed by atoms with Crippen molar-refractivity contribution >= 4 is 17.1 Å². The van der Waals surface area contributed by atoms with Crippen molar-refractivity contribution in [1.29, 1.82) is 0 Å². The van der Waals surface area contributed by atoms with E-state index in [-0.39, 0.29) is 5.54 Å². The van der Waals surface area contributed by atoms with Crippen molar-refractivity contribution in [2.45, 2.75) is 39.2 Å². The second-order valence-corrected chi connectivity index (χ2v) is 5.06. The molecule has 0 saturated heterocycles. The monoisotopic (exact) mass is 248 g/mol. The van der Waals surface area contributed by atoms with Crippen molar-refractivity contribution in [2.24, 2.45) is 0 Å². The number of hydrogen-bond acceptors (Lipinski definition) is 4. The number of rotatable bonds is 4. The quantitative estimate of drug-likeness (QED) is 0.903. The van der Waals surface area contributed by atoms with Crippen molar-refractivity contribution in [1.82, 2.24) is 14.5 Å². The first-order valence-corrected chi connectivity index (χ1v) is 6.19. The van der Waals surface area contributed by atoms with Gasteiger partial charge in [-0.25, -0.2) is 4.98 Å². The van der Waals surface area contributed by atoms with E-state index in [1.54, 1.807) is 13.2 Å². The van der Waals surface area contributed by atoms with Gasteiger partial charge in [-0.15, -0.1) is 0 Å². The standard InChI is InChI=1S/C13H20N4O/c1-5-8-13(2,3)17-11-9(15-12(17)14)6-7-10(16-11)18-4/h6-7H,5,8H2,1-4H3,(H2,14,15). The van der Waals surface area contributed by atoms with Crippen LogP contribution in [-0.2, 0) is 5.54 Å². The maximum atomic E-state index is 6.03. The fraction of sp³-hybridized carbons (Fsp3) is 0.538. The molecule has 18 heavy (non-hydrogen) atoms. The van der Waals surface area contributed by atoms with Crippen LogP contribution >= 0.6 is 0 Å². The highest BCUT2D eigenvalue weighted by atomic mass is 16.5. The van der Waals surface area contributed by atoms with Gasteiger partial charge in [0, 0.05) is 11.6 Å². The summed E-state index contributed by atoms with van der Waals surface area (Å²) >= 11 is 0. The van der Waals surface area contributed by atoms with Gasteiger partial charge in [-0.1, -0.05) is 13.3 Å². The average molecular weight is 248 g/mol. The van der Waals surface area contributed by atoms with E-state index < -0.39 is 0 Å². The van der Waals surface area contributed by atoms with Crippen molar-refractivity contribution < 1.29 is 4.74 Å². The Balaban J connectivity index is 2.64. The third-order valence-corrected chi connectivity index (χ3v) is 3.18. The Morgan fingerprint density at radius 2 is 2.06 bits per heavy atom. The van der Waals surface area contributed by atoms with Gasteiger partial charge in [0.05, 0.1) is 7.11 Å². The number of imidazole rings is 1. The molecular weight excluding hydrogens is 228 g/mol. The average Bonchev–Trinajstić information content (AvgIpc) is 2.64. The van der Waals surface area contributed by atoms with Gasteiger partial charge in [0.2, 0.25) is 11.8 Å². The molecular formula is C13H20N4O. The van der Waals surface area contributed by atoms with Gasteiger partial charge in [0.25, 0.3) is 0 Å². The van der Waals surface area contributed by atoms with E-state index in [0.717, 1.165) is 24.0 Å². The van der Waals surface area contributed by atoms with Crippen molar-refractivity contribution in [3.05, 3.63) is 12.1 Å². The van der Waals surface area contributed by atoms with E-state index in [4.69, 9.17) is 10.5 Å². The number of nitrogens with zero attached hydrogens (tertiary/aromatic N) is 3. The van der Waals surface area contributed by atoms with Gasteiger partial charge in [0.1, 0.15) is 5.52 Å². The number of anilines is 1. The van der Waals surface area contributed by atoms with Crippen LogP contribution in [0.25, 0.3) is 11.2 Å². The molecule has 0 aliphatic carbocycles. The lowest BCUT2D eigenvalue weighted by atomic mass is 9.98. The molecule has 5 nitrogen and oxygen atoms in total. The van der Waals surface area contributed by atoms with Crippen molar-refractivity contribution in [3.8, 4) is 5.88 Å². The zero-order chi connectivity index (χ0) is 13.3. The zero-order valence-corrected chi connectivity index (χ0v) is 11.4. The maximum Gasteiger partial charge on any atom is 0.215 e. The molecule has 0 fully saturated rings. The molecule has 0 aliphatic rings. The van der Waals surface area contributed by atoms with Crippen molar-refractivity contribution in [2.75, 3.05) is 12.8 Å². The van der Waals surface area contributed by atoms with Crippen molar-refractivity contribution in [3.63, 3.8) is 0 Å². The molecule has 5 heteroatoms. The fourth-order valence-corrected chi connectivity index (χ4v) is 2.39. The van der Waals surface area contributed by atoms with Gasteiger partial charge in [-0.2, -0.15) is 4.98 Å². The second-order valence-electron chi connectivity index (χ2n) is 5.06. The summed E-state index contributed by atoms with van der Waals surface area (Å²) in [6, 6.07) is 3.68. The molecule has 0 unspecified atom stereocenters. The van der Waals surface area contributed by atoms with E-state index in [2.05, 4.69) is 30.7 Å². The predicted molar refractivity (Wildman–Crippen MR) is 72.7 cm³/mol. The van der Waals surface area contributed by atoms with Crippen LogP contribution in [0.1, 0.15) is 33.6 Å². The minimum Gasteiger partial charge on any atom is -0.481 e. The van der Waals surface area contributed by atoms with Crippen LogP contribution in [0.2, 0.25) is 0 Å². The number of hydrogen-bond donors (Lipinski definition) is 1. The van der Waals surface area contributed by atoms with E-state index in [1.807, 2.05) is 10.6 Å². The first-order chi connectivity index (χ1) is 8.49. The minimum atomic E-state index is -0.104. The molecule has 0 radical (unpaired) electrons. The van der Waals surface area contributed by atoms with Crippen LogP contribution in [0.15, 0.2) is 12.1 Å². The predicted octanol–water partition coefficient (Wildman–Crippen LogP) is 2.56. The lowest BCUT2D eigenvalue weighted by Crippen LogP contribution is -2.27. The third kappa shape index (κ3) is 2.00. The second kappa shape index (κ2) is 4.48. The lowest BCUT2D eigenvalue weighted by Gasteiger charge is -2.27. The van der Waals surface area contributed by atoms with E-state index in [9.17, 15) is 0 Å². The van der Waals surface area contributed by atoms with Crippen LogP contribution in [-0.4, -0.2) is 21.6 Å². The van der Waals surface area contributed by atoms with Gasteiger partial charge in [0.15, 0.2) is 5.65 Å². The summed E-state index contributed by atoms with van der Waals surface area (Å²) in [6.45, 7) is 6.45. The molecule has 0 atom stereocenters. The molecule has 0 amide bonds. The Kier molecular flexibility index (Phi) is 3.15. The summed E-state index contributed by atoms with van der Waals surface area (Å²) in [5.74, 6) is 1.08. The summed E-state index contributed by atoms with van der Waals surface area (Å²) in [7, 11) is 1.61. The largest absolute Gasteiger partial charge is 0.481 e. The van der Waals surface area contributed by atoms with Gasteiger partial charge in [-0.05, 0) is 26.3 Å². The summed E-state index contributed by atoms with van der Waals surface area (Å²) in [6.07, 6.45) is 2.09. The van der Waals surface area contributed by atoms with Crippen LogP contribution in [0, 0.1) is 0 Å². The first kappa shape index (κ1) is 12.7. The topological polar surface area (TPSA) is 66.0 Å². The Hall–Kier alpha value is -1.78. The summed E-state index contributed by atoms with van der Waals surface area (Å²) in [5, 5.41) is 0. The first-order valence-electron chi connectivity index (χ1n) is 6.19. The molecule has 2 heterocycles. The van der Waals surface area contributed by atoms with Crippen LogP contribution < -0.4 is 10.5 Å².